The summed E-state index contributed by atoms with van der Waals surface area (Å²) in [7, 11) is -3.53. The summed E-state index contributed by atoms with van der Waals surface area (Å²) >= 11 is 0. The average molecular weight is 305 g/mol. The summed E-state index contributed by atoms with van der Waals surface area (Å²) in [6.07, 6.45) is 1.66. The Morgan fingerprint density at radius 1 is 1.19 bits per heavy atom. The van der Waals surface area contributed by atoms with Gasteiger partial charge in [0.15, 0.2) is 0 Å². The Bertz CT molecular complexity index is 693. The minimum Gasteiger partial charge on any atom is -0.324 e. The summed E-state index contributed by atoms with van der Waals surface area (Å²) in [5.74, 6) is 0. The van der Waals surface area contributed by atoms with E-state index in [1.54, 1.807) is 30.5 Å². The number of hydrogen-bond donors (Lipinski definition) is 2. The fourth-order valence-corrected chi connectivity index (χ4v) is 2.83. The van der Waals surface area contributed by atoms with E-state index in [4.69, 9.17) is 5.73 Å². The second-order valence-electron chi connectivity index (χ2n) is 4.99. The number of hydrogen-bond acceptors (Lipinski definition) is 4. The first-order valence-corrected chi connectivity index (χ1v) is 8.13. The minimum absolute atomic E-state index is 0.117. The number of pyridine rings is 1. The van der Waals surface area contributed by atoms with E-state index in [0.717, 1.165) is 16.8 Å². The number of rotatable bonds is 5. The largest absolute Gasteiger partial charge is 0.324 e. The van der Waals surface area contributed by atoms with E-state index < -0.39 is 10.0 Å². The molecule has 1 unspecified atom stereocenters. The van der Waals surface area contributed by atoms with Crippen molar-refractivity contribution in [1.82, 2.24) is 9.71 Å². The van der Waals surface area contributed by atoms with Gasteiger partial charge in [-0.05, 0) is 43.2 Å². The molecule has 0 radical (unpaired) electrons. The van der Waals surface area contributed by atoms with Gasteiger partial charge >= 0.3 is 0 Å². The van der Waals surface area contributed by atoms with E-state index in [-0.39, 0.29) is 17.5 Å². The number of aryl methyl sites for hydroxylation is 1. The van der Waals surface area contributed by atoms with E-state index in [2.05, 4.69) is 9.71 Å². The van der Waals surface area contributed by atoms with Gasteiger partial charge in [0.2, 0.25) is 10.0 Å². The van der Waals surface area contributed by atoms with Crippen molar-refractivity contribution >= 4 is 10.0 Å². The number of sulfonamides is 1. The highest BCUT2D eigenvalue weighted by atomic mass is 32.2. The van der Waals surface area contributed by atoms with Gasteiger partial charge in [0, 0.05) is 24.5 Å². The quantitative estimate of drug-likeness (QED) is 0.883. The molecule has 0 amide bonds. The van der Waals surface area contributed by atoms with Gasteiger partial charge in [0.1, 0.15) is 0 Å². The molecule has 1 aromatic carbocycles. The third-order valence-electron chi connectivity index (χ3n) is 3.16. The molecule has 1 heterocycles. The molecule has 0 spiro atoms. The van der Waals surface area contributed by atoms with Crippen LogP contribution in [0.3, 0.4) is 0 Å². The van der Waals surface area contributed by atoms with Gasteiger partial charge in [-0.1, -0.05) is 18.2 Å². The maximum atomic E-state index is 12.2. The summed E-state index contributed by atoms with van der Waals surface area (Å²) in [4.78, 5) is 4.36. The maximum absolute atomic E-state index is 12.2. The molecule has 1 atom stereocenters. The van der Waals surface area contributed by atoms with Crippen LogP contribution in [0.15, 0.2) is 47.5 Å². The zero-order valence-electron chi connectivity index (χ0n) is 12.1. The molecule has 0 aliphatic carbocycles. The number of nitrogens with one attached hydrogen (secondary N) is 1. The smallest absolute Gasteiger partial charge is 0.240 e. The highest BCUT2D eigenvalue weighted by Gasteiger charge is 2.14. The van der Waals surface area contributed by atoms with Crippen molar-refractivity contribution in [3.8, 4) is 0 Å². The SMILES string of the molecule is Cc1ccc(CNS(=O)(=O)c2ccc(C(C)N)cc2)cn1. The van der Waals surface area contributed by atoms with Crippen LogP contribution in [-0.2, 0) is 16.6 Å². The first kappa shape index (κ1) is 15.6. The Kier molecular flexibility index (Phi) is 4.72. The van der Waals surface area contributed by atoms with Gasteiger partial charge in [0.25, 0.3) is 0 Å². The lowest BCUT2D eigenvalue weighted by Crippen LogP contribution is -2.23. The summed E-state index contributed by atoms with van der Waals surface area (Å²) in [6, 6.07) is 10.2. The van der Waals surface area contributed by atoms with Crippen LogP contribution < -0.4 is 10.5 Å². The molecular weight excluding hydrogens is 286 g/mol. The lowest BCUT2D eigenvalue weighted by molar-refractivity contribution is 0.581. The van der Waals surface area contributed by atoms with Crippen LogP contribution in [0.1, 0.15) is 29.8 Å². The Morgan fingerprint density at radius 2 is 1.86 bits per heavy atom. The third-order valence-corrected chi connectivity index (χ3v) is 4.57. The molecule has 0 aliphatic heterocycles. The number of aromatic nitrogens is 1. The molecular formula is C15H19N3O2S. The Hall–Kier alpha value is -1.76. The van der Waals surface area contributed by atoms with Crippen LogP contribution in [0.25, 0.3) is 0 Å². The van der Waals surface area contributed by atoms with Crippen LogP contribution in [0.5, 0.6) is 0 Å². The molecule has 5 nitrogen and oxygen atoms in total. The molecule has 0 saturated carbocycles. The van der Waals surface area contributed by atoms with E-state index in [9.17, 15) is 8.42 Å². The lowest BCUT2D eigenvalue weighted by atomic mass is 10.1. The van der Waals surface area contributed by atoms with Crippen LogP contribution in [0.2, 0.25) is 0 Å². The third kappa shape index (κ3) is 4.10. The summed E-state index contributed by atoms with van der Waals surface area (Å²) in [5.41, 5.74) is 8.36. The van der Waals surface area contributed by atoms with Crippen molar-refractivity contribution < 1.29 is 8.42 Å². The van der Waals surface area contributed by atoms with Crippen molar-refractivity contribution in [3.63, 3.8) is 0 Å². The van der Waals surface area contributed by atoms with Crippen LogP contribution in [0, 0.1) is 6.92 Å². The van der Waals surface area contributed by atoms with Crippen molar-refractivity contribution in [1.29, 1.82) is 0 Å². The Morgan fingerprint density at radius 3 is 2.38 bits per heavy atom. The predicted octanol–water partition coefficient (Wildman–Crippen LogP) is 1.89. The average Bonchev–Trinajstić information content (AvgIpc) is 2.47. The summed E-state index contributed by atoms with van der Waals surface area (Å²) in [6.45, 7) is 3.95. The van der Waals surface area contributed by atoms with E-state index in [1.807, 2.05) is 26.0 Å². The zero-order chi connectivity index (χ0) is 15.5. The minimum atomic E-state index is -3.53. The van der Waals surface area contributed by atoms with E-state index >= 15 is 0 Å². The van der Waals surface area contributed by atoms with Crippen LogP contribution in [-0.4, -0.2) is 13.4 Å². The molecule has 2 rings (SSSR count). The molecule has 0 aliphatic rings. The molecule has 21 heavy (non-hydrogen) atoms. The molecule has 112 valence electrons. The van der Waals surface area contributed by atoms with Crippen molar-refractivity contribution in [2.45, 2.75) is 31.3 Å². The second kappa shape index (κ2) is 6.34. The molecule has 0 fully saturated rings. The highest BCUT2D eigenvalue weighted by molar-refractivity contribution is 7.89. The topological polar surface area (TPSA) is 85.1 Å². The predicted molar refractivity (Wildman–Crippen MR) is 82.0 cm³/mol. The Balaban J connectivity index is 2.09. The van der Waals surface area contributed by atoms with Crippen LogP contribution in [0.4, 0.5) is 0 Å². The summed E-state index contributed by atoms with van der Waals surface area (Å²) in [5, 5.41) is 0. The van der Waals surface area contributed by atoms with Gasteiger partial charge in [0.05, 0.1) is 4.90 Å². The number of benzene rings is 1. The second-order valence-corrected chi connectivity index (χ2v) is 6.76. The molecule has 2 aromatic rings. The van der Waals surface area contributed by atoms with Gasteiger partial charge in [-0.15, -0.1) is 0 Å². The Labute approximate surface area is 125 Å². The maximum Gasteiger partial charge on any atom is 0.240 e. The first-order valence-electron chi connectivity index (χ1n) is 6.65. The fourth-order valence-electron chi connectivity index (χ4n) is 1.82. The monoisotopic (exact) mass is 305 g/mol. The standard InChI is InChI=1S/C15H19N3O2S/c1-11-3-4-13(9-17-11)10-18-21(19,20)15-7-5-14(6-8-15)12(2)16/h3-9,12,18H,10,16H2,1-2H3. The van der Waals surface area contributed by atoms with E-state index in [0.29, 0.717) is 0 Å². The lowest BCUT2D eigenvalue weighted by Gasteiger charge is -2.09. The fraction of sp³-hybridized carbons (Fsp3) is 0.267. The van der Waals surface area contributed by atoms with Crippen LogP contribution >= 0.6 is 0 Å². The molecule has 0 bridgehead atoms. The van der Waals surface area contributed by atoms with Crippen molar-refractivity contribution in [2.75, 3.05) is 0 Å². The molecule has 6 heteroatoms. The number of nitrogens with zero attached hydrogens (tertiary/aromatic N) is 1. The zero-order valence-corrected chi connectivity index (χ0v) is 12.9. The van der Waals surface area contributed by atoms with Gasteiger partial charge in [-0.25, -0.2) is 13.1 Å². The molecule has 1 aromatic heterocycles. The van der Waals surface area contributed by atoms with Gasteiger partial charge in [-0.2, -0.15) is 0 Å². The summed E-state index contributed by atoms with van der Waals surface area (Å²) < 4.78 is 26.9. The van der Waals surface area contributed by atoms with E-state index in [1.165, 1.54) is 0 Å². The molecule has 3 N–H and O–H groups in total. The molecule has 0 saturated heterocycles. The van der Waals surface area contributed by atoms with Gasteiger partial charge in [-0.3, -0.25) is 4.98 Å². The normalized spacial score (nSPS) is 13.1. The van der Waals surface area contributed by atoms with Crippen molar-refractivity contribution in [2.24, 2.45) is 5.73 Å². The van der Waals surface area contributed by atoms with Crippen molar-refractivity contribution in [3.05, 3.63) is 59.4 Å². The number of nitrogens with two attached hydrogens (primary N) is 1. The highest BCUT2D eigenvalue weighted by Crippen LogP contribution is 2.14. The first-order chi connectivity index (χ1) is 9.88. The van der Waals surface area contributed by atoms with Gasteiger partial charge < -0.3 is 5.73 Å².